The molecule has 3 rings (SSSR count). The Hall–Kier alpha value is -1.39. The molecule has 126 valence electrons. The standard InChI is InChI=1S/C19H28N2O2/c1-15-5-2-6-16(11-15)12-20-9-4-8-18(20)19(23)21-10-3-7-17(13-21)14-22/h2,5-6,11,17-18,22H,3-4,7-10,12-14H2,1H3. The summed E-state index contributed by atoms with van der Waals surface area (Å²) in [7, 11) is 0. The summed E-state index contributed by atoms with van der Waals surface area (Å²) < 4.78 is 0. The number of rotatable bonds is 4. The van der Waals surface area contributed by atoms with Crippen LogP contribution >= 0.6 is 0 Å². The summed E-state index contributed by atoms with van der Waals surface area (Å²) in [5, 5.41) is 9.38. The third-order valence-electron chi connectivity index (χ3n) is 5.21. The average molecular weight is 316 g/mol. The largest absolute Gasteiger partial charge is 0.396 e. The highest BCUT2D eigenvalue weighted by Crippen LogP contribution is 2.24. The van der Waals surface area contributed by atoms with Crippen LogP contribution in [0.2, 0.25) is 0 Å². The van der Waals surface area contributed by atoms with Gasteiger partial charge in [0.05, 0.1) is 6.04 Å². The summed E-state index contributed by atoms with van der Waals surface area (Å²) in [6, 6.07) is 8.58. The lowest BCUT2D eigenvalue weighted by atomic mass is 9.98. The lowest BCUT2D eigenvalue weighted by molar-refractivity contribution is -0.138. The van der Waals surface area contributed by atoms with Crippen LogP contribution in [0.3, 0.4) is 0 Å². The van der Waals surface area contributed by atoms with Gasteiger partial charge >= 0.3 is 0 Å². The van der Waals surface area contributed by atoms with Gasteiger partial charge in [-0.3, -0.25) is 9.69 Å². The van der Waals surface area contributed by atoms with E-state index in [1.165, 1.54) is 11.1 Å². The van der Waals surface area contributed by atoms with Crippen LogP contribution in [-0.4, -0.2) is 53.1 Å². The molecule has 0 radical (unpaired) electrons. The van der Waals surface area contributed by atoms with Crippen molar-refractivity contribution in [1.82, 2.24) is 9.80 Å². The molecule has 2 fully saturated rings. The fraction of sp³-hybridized carbons (Fsp3) is 0.632. The molecule has 0 saturated carbocycles. The van der Waals surface area contributed by atoms with Gasteiger partial charge in [-0.15, -0.1) is 0 Å². The molecule has 2 unspecified atom stereocenters. The Kier molecular flexibility index (Phi) is 5.34. The number of hydrogen-bond acceptors (Lipinski definition) is 3. The Morgan fingerprint density at radius 3 is 2.87 bits per heavy atom. The van der Waals surface area contributed by atoms with Gasteiger partial charge in [0.15, 0.2) is 0 Å². The van der Waals surface area contributed by atoms with Crippen LogP contribution in [-0.2, 0) is 11.3 Å². The van der Waals surface area contributed by atoms with Crippen LogP contribution in [0.5, 0.6) is 0 Å². The zero-order valence-electron chi connectivity index (χ0n) is 14.1. The first-order valence-electron chi connectivity index (χ1n) is 8.86. The molecule has 1 aromatic rings. The number of hydrogen-bond donors (Lipinski definition) is 1. The number of carbonyl (C=O) groups excluding carboxylic acids is 1. The summed E-state index contributed by atoms with van der Waals surface area (Å²) in [4.78, 5) is 17.3. The van der Waals surface area contributed by atoms with Crippen LogP contribution in [0.4, 0.5) is 0 Å². The molecule has 2 atom stereocenters. The molecule has 1 N–H and O–H groups in total. The maximum Gasteiger partial charge on any atom is 0.239 e. The summed E-state index contributed by atoms with van der Waals surface area (Å²) >= 11 is 0. The Bertz CT molecular complexity index is 546. The molecule has 1 amide bonds. The number of carbonyl (C=O) groups is 1. The van der Waals surface area contributed by atoms with E-state index >= 15 is 0 Å². The molecule has 2 heterocycles. The number of benzene rings is 1. The lowest BCUT2D eigenvalue weighted by Crippen LogP contribution is -2.49. The predicted molar refractivity (Wildman–Crippen MR) is 91.0 cm³/mol. The zero-order valence-corrected chi connectivity index (χ0v) is 14.1. The molecule has 2 aliphatic rings. The van der Waals surface area contributed by atoms with E-state index in [4.69, 9.17) is 0 Å². The number of aliphatic hydroxyl groups excluding tert-OH is 1. The summed E-state index contributed by atoms with van der Waals surface area (Å²) in [5.41, 5.74) is 2.56. The zero-order chi connectivity index (χ0) is 16.2. The minimum Gasteiger partial charge on any atom is -0.396 e. The van der Waals surface area contributed by atoms with E-state index in [9.17, 15) is 9.90 Å². The van der Waals surface area contributed by atoms with Crippen LogP contribution in [0.15, 0.2) is 24.3 Å². The molecule has 23 heavy (non-hydrogen) atoms. The predicted octanol–water partition coefficient (Wildman–Crippen LogP) is 2.19. The fourth-order valence-corrected chi connectivity index (χ4v) is 3.97. The van der Waals surface area contributed by atoms with E-state index in [1.54, 1.807) is 0 Å². The van der Waals surface area contributed by atoms with Gasteiger partial charge in [-0.25, -0.2) is 0 Å². The van der Waals surface area contributed by atoms with Gasteiger partial charge in [-0.2, -0.15) is 0 Å². The molecule has 0 spiro atoms. The van der Waals surface area contributed by atoms with Crippen molar-refractivity contribution < 1.29 is 9.90 Å². The highest BCUT2D eigenvalue weighted by atomic mass is 16.3. The van der Waals surface area contributed by atoms with E-state index in [1.807, 2.05) is 4.90 Å². The van der Waals surface area contributed by atoms with Crippen molar-refractivity contribution in [2.24, 2.45) is 5.92 Å². The van der Waals surface area contributed by atoms with Crippen LogP contribution < -0.4 is 0 Å². The maximum atomic E-state index is 12.9. The van der Waals surface area contributed by atoms with E-state index in [2.05, 4.69) is 36.1 Å². The maximum absolute atomic E-state index is 12.9. The Morgan fingerprint density at radius 2 is 2.09 bits per heavy atom. The summed E-state index contributed by atoms with van der Waals surface area (Å²) in [6.07, 6.45) is 4.12. The monoisotopic (exact) mass is 316 g/mol. The molecule has 2 saturated heterocycles. The Morgan fingerprint density at radius 1 is 1.26 bits per heavy atom. The van der Waals surface area contributed by atoms with E-state index in [0.29, 0.717) is 0 Å². The molecule has 0 aromatic heterocycles. The highest BCUT2D eigenvalue weighted by molar-refractivity contribution is 5.82. The molecule has 4 nitrogen and oxygen atoms in total. The van der Waals surface area contributed by atoms with Crippen molar-refractivity contribution in [3.05, 3.63) is 35.4 Å². The van der Waals surface area contributed by atoms with Gasteiger partial charge in [0, 0.05) is 26.2 Å². The summed E-state index contributed by atoms with van der Waals surface area (Å²) in [6.45, 7) is 5.74. The molecule has 1 aromatic carbocycles. The smallest absolute Gasteiger partial charge is 0.239 e. The number of amides is 1. The second-order valence-corrected chi connectivity index (χ2v) is 7.09. The number of aryl methyl sites for hydroxylation is 1. The first kappa shape index (κ1) is 16.5. The van der Waals surface area contributed by atoms with Crippen molar-refractivity contribution >= 4 is 5.91 Å². The number of likely N-dealkylation sites (tertiary alicyclic amines) is 2. The minimum absolute atomic E-state index is 0.0213. The normalized spacial score (nSPS) is 25.7. The Labute approximate surface area is 139 Å². The first-order chi connectivity index (χ1) is 11.2. The van der Waals surface area contributed by atoms with Gasteiger partial charge in [0.2, 0.25) is 5.91 Å². The quantitative estimate of drug-likeness (QED) is 0.926. The summed E-state index contributed by atoms with van der Waals surface area (Å²) in [5.74, 6) is 0.535. The average Bonchev–Trinajstić information content (AvgIpc) is 3.02. The molecular weight excluding hydrogens is 288 g/mol. The molecule has 0 aliphatic carbocycles. The third-order valence-corrected chi connectivity index (χ3v) is 5.21. The van der Waals surface area contributed by atoms with E-state index in [0.717, 1.165) is 51.9 Å². The van der Waals surface area contributed by atoms with Crippen molar-refractivity contribution in [3.8, 4) is 0 Å². The van der Waals surface area contributed by atoms with Gasteiger partial charge in [-0.05, 0) is 50.6 Å². The molecular formula is C19H28N2O2. The topological polar surface area (TPSA) is 43.8 Å². The van der Waals surface area contributed by atoms with Crippen LogP contribution in [0, 0.1) is 12.8 Å². The van der Waals surface area contributed by atoms with Crippen molar-refractivity contribution in [1.29, 1.82) is 0 Å². The van der Waals surface area contributed by atoms with E-state index in [-0.39, 0.29) is 24.5 Å². The van der Waals surface area contributed by atoms with Gasteiger partial charge in [0.1, 0.15) is 0 Å². The third kappa shape index (κ3) is 3.93. The van der Waals surface area contributed by atoms with Crippen LogP contribution in [0.1, 0.15) is 36.8 Å². The van der Waals surface area contributed by atoms with Crippen molar-refractivity contribution in [2.75, 3.05) is 26.2 Å². The molecule has 2 aliphatic heterocycles. The minimum atomic E-state index is 0.0213. The number of nitrogens with zero attached hydrogens (tertiary/aromatic N) is 2. The molecule has 0 bridgehead atoms. The van der Waals surface area contributed by atoms with E-state index < -0.39 is 0 Å². The number of aliphatic hydroxyl groups is 1. The van der Waals surface area contributed by atoms with Crippen molar-refractivity contribution in [2.45, 2.75) is 45.2 Å². The fourth-order valence-electron chi connectivity index (χ4n) is 3.97. The first-order valence-corrected chi connectivity index (χ1v) is 8.86. The second kappa shape index (κ2) is 7.45. The van der Waals surface area contributed by atoms with Gasteiger partial charge in [-0.1, -0.05) is 29.8 Å². The lowest BCUT2D eigenvalue weighted by Gasteiger charge is -2.35. The second-order valence-electron chi connectivity index (χ2n) is 7.09. The van der Waals surface area contributed by atoms with Crippen LogP contribution in [0.25, 0.3) is 0 Å². The Balaban J connectivity index is 1.65. The molecule has 4 heteroatoms. The highest BCUT2D eigenvalue weighted by Gasteiger charge is 2.35. The number of piperidine rings is 1. The SMILES string of the molecule is Cc1cccc(CN2CCCC2C(=O)N2CCCC(CO)C2)c1. The van der Waals surface area contributed by atoms with Gasteiger partial charge < -0.3 is 10.0 Å². The van der Waals surface area contributed by atoms with Crippen molar-refractivity contribution in [3.63, 3.8) is 0 Å². The van der Waals surface area contributed by atoms with Gasteiger partial charge in [0.25, 0.3) is 0 Å².